The van der Waals surface area contributed by atoms with E-state index in [1.54, 1.807) is 0 Å². The van der Waals surface area contributed by atoms with Crippen molar-refractivity contribution in [3.63, 3.8) is 0 Å². The molecular formula is C11H15N2. The lowest BCUT2D eigenvalue weighted by atomic mass is 10.3. The van der Waals surface area contributed by atoms with E-state index >= 15 is 0 Å². The third kappa shape index (κ3) is 1.83. The largest absolute Gasteiger partial charge is 0.370 e. The monoisotopic (exact) mass is 175 g/mol. The Morgan fingerprint density at radius 1 is 1.62 bits per heavy atom. The van der Waals surface area contributed by atoms with Crippen LogP contribution in [0.2, 0.25) is 0 Å². The van der Waals surface area contributed by atoms with E-state index in [9.17, 15) is 0 Å². The van der Waals surface area contributed by atoms with Gasteiger partial charge in [-0.25, -0.2) is 0 Å². The zero-order valence-electron chi connectivity index (χ0n) is 7.96. The van der Waals surface area contributed by atoms with Gasteiger partial charge in [0.05, 0.1) is 0 Å². The van der Waals surface area contributed by atoms with Gasteiger partial charge in [-0.1, -0.05) is 12.1 Å². The molecule has 1 aliphatic heterocycles. The van der Waals surface area contributed by atoms with E-state index in [1.165, 1.54) is 12.1 Å². The van der Waals surface area contributed by atoms with Crippen LogP contribution in [0, 0.1) is 6.07 Å². The Labute approximate surface area is 79.6 Å². The van der Waals surface area contributed by atoms with Crippen LogP contribution in [0.5, 0.6) is 0 Å². The fourth-order valence-electron chi connectivity index (χ4n) is 1.81. The predicted octanol–water partition coefficient (Wildman–Crippen LogP) is 1.28. The van der Waals surface area contributed by atoms with Gasteiger partial charge in [-0.3, -0.25) is 0 Å². The van der Waals surface area contributed by atoms with Crippen molar-refractivity contribution in [2.45, 2.75) is 12.5 Å². The first-order valence-corrected chi connectivity index (χ1v) is 4.78. The number of hydrogen-bond donors (Lipinski definition) is 1. The molecule has 1 radical (unpaired) electrons. The number of benzene rings is 1. The quantitative estimate of drug-likeness (QED) is 0.728. The fourth-order valence-corrected chi connectivity index (χ4v) is 1.81. The van der Waals surface area contributed by atoms with Crippen molar-refractivity contribution in [1.82, 2.24) is 5.32 Å². The standard InChI is InChI=1S/C11H15N2/c1-12-10-7-8-13(9-10)11-5-3-2-4-6-11/h2-3,5-6,10,12H,7-9H2,1H3/t10-/m1/s1. The number of anilines is 1. The number of nitrogens with one attached hydrogen (secondary N) is 1. The minimum Gasteiger partial charge on any atom is -0.370 e. The van der Waals surface area contributed by atoms with Crippen molar-refractivity contribution >= 4 is 5.69 Å². The normalized spacial score (nSPS) is 22.2. The zero-order valence-corrected chi connectivity index (χ0v) is 7.96. The molecule has 0 spiro atoms. The first kappa shape index (κ1) is 8.57. The molecule has 0 aromatic heterocycles. The number of nitrogens with zero attached hydrogens (tertiary/aromatic N) is 1. The topological polar surface area (TPSA) is 15.3 Å². The maximum absolute atomic E-state index is 3.31. The molecule has 1 N–H and O–H groups in total. The maximum atomic E-state index is 3.31. The van der Waals surface area contributed by atoms with E-state index in [-0.39, 0.29) is 0 Å². The maximum Gasteiger partial charge on any atom is 0.0372 e. The summed E-state index contributed by atoms with van der Waals surface area (Å²) < 4.78 is 0. The highest BCUT2D eigenvalue weighted by molar-refractivity contribution is 5.46. The molecule has 69 valence electrons. The van der Waals surface area contributed by atoms with E-state index in [1.807, 2.05) is 19.2 Å². The molecule has 2 heteroatoms. The lowest BCUT2D eigenvalue weighted by Gasteiger charge is -2.18. The van der Waals surface area contributed by atoms with Crippen molar-refractivity contribution in [2.75, 3.05) is 25.0 Å². The van der Waals surface area contributed by atoms with Crippen molar-refractivity contribution in [3.8, 4) is 0 Å². The van der Waals surface area contributed by atoms with Crippen LogP contribution in [0.15, 0.2) is 24.3 Å². The first-order chi connectivity index (χ1) is 6.40. The van der Waals surface area contributed by atoms with Crippen LogP contribution >= 0.6 is 0 Å². The van der Waals surface area contributed by atoms with Gasteiger partial charge in [0.2, 0.25) is 0 Å². The van der Waals surface area contributed by atoms with Crippen molar-refractivity contribution in [3.05, 3.63) is 30.3 Å². The summed E-state index contributed by atoms with van der Waals surface area (Å²) in [5, 5.41) is 3.31. The summed E-state index contributed by atoms with van der Waals surface area (Å²) >= 11 is 0. The average molecular weight is 175 g/mol. The van der Waals surface area contributed by atoms with Gasteiger partial charge in [-0.15, -0.1) is 0 Å². The van der Waals surface area contributed by atoms with Crippen LogP contribution in [0.25, 0.3) is 0 Å². The molecule has 1 saturated heterocycles. The van der Waals surface area contributed by atoms with Crippen molar-refractivity contribution in [1.29, 1.82) is 0 Å². The van der Waals surface area contributed by atoms with Gasteiger partial charge in [-0.2, -0.15) is 0 Å². The molecule has 13 heavy (non-hydrogen) atoms. The van der Waals surface area contributed by atoms with Gasteiger partial charge in [0.15, 0.2) is 0 Å². The molecule has 1 atom stereocenters. The molecule has 0 aliphatic carbocycles. The summed E-state index contributed by atoms with van der Waals surface area (Å²) in [5.74, 6) is 0. The lowest BCUT2D eigenvalue weighted by molar-refractivity contribution is 0.617. The van der Waals surface area contributed by atoms with E-state index in [0.717, 1.165) is 13.1 Å². The predicted molar refractivity (Wildman–Crippen MR) is 55.0 cm³/mol. The summed E-state index contributed by atoms with van der Waals surface area (Å²) in [6.07, 6.45) is 1.24. The van der Waals surface area contributed by atoms with Gasteiger partial charge in [0, 0.05) is 24.8 Å². The molecule has 1 aliphatic rings. The molecule has 1 aromatic carbocycles. The smallest absolute Gasteiger partial charge is 0.0372 e. The van der Waals surface area contributed by atoms with Crippen LogP contribution in [-0.2, 0) is 0 Å². The molecule has 2 nitrogen and oxygen atoms in total. The second-order valence-corrected chi connectivity index (χ2v) is 3.48. The first-order valence-electron chi connectivity index (χ1n) is 4.78. The van der Waals surface area contributed by atoms with Gasteiger partial charge in [-0.05, 0) is 31.7 Å². The zero-order chi connectivity index (χ0) is 9.10. The van der Waals surface area contributed by atoms with Crippen LogP contribution < -0.4 is 10.2 Å². The Hall–Kier alpha value is -1.02. The highest BCUT2D eigenvalue weighted by Crippen LogP contribution is 2.18. The minimum atomic E-state index is 0.653. The average Bonchev–Trinajstić information content (AvgIpc) is 2.67. The number of hydrogen-bond acceptors (Lipinski definition) is 2. The van der Waals surface area contributed by atoms with Crippen molar-refractivity contribution in [2.24, 2.45) is 0 Å². The van der Waals surface area contributed by atoms with E-state index in [2.05, 4.69) is 28.4 Å². The van der Waals surface area contributed by atoms with Gasteiger partial charge < -0.3 is 10.2 Å². The molecule has 0 saturated carbocycles. The Morgan fingerprint density at radius 2 is 2.54 bits per heavy atom. The second kappa shape index (κ2) is 3.79. The fraction of sp³-hybridized carbons (Fsp3) is 0.455. The molecule has 0 unspecified atom stereocenters. The third-order valence-electron chi connectivity index (χ3n) is 2.65. The Balaban J connectivity index is 2.04. The van der Waals surface area contributed by atoms with Crippen LogP contribution in [0.3, 0.4) is 0 Å². The summed E-state index contributed by atoms with van der Waals surface area (Å²) in [4.78, 5) is 2.40. The summed E-state index contributed by atoms with van der Waals surface area (Å²) in [7, 11) is 2.03. The summed E-state index contributed by atoms with van der Waals surface area (Å²) in [6.45, 7) is 2.28. The van der Waals surface area contributed by atoms with E-state index in [0.29, 0.717) is 6.04 Å². The summed E-state index contributed by atoms with van der Waals surface area (Å²) in [5.41, 5.74) is 1.29. The van der Waals surface area contributed by atoms with Gasteiger partial charge in [0.25, 0.3) is 0 Å². The van der Waals surface area contributed by atoms with Gasteiger partial charge in [0.1, 0.15) is 0 Å². The van der Waals surface area contributed by atoms with Crippen LogP contribution in [-0.4, -0.2) is 26.2 Å². The van der Waals surface area contributed by atoms with E-state index < -0.39 is 0 Å². The Bertz CT molecular complexity index is 258. The molecule has 2 rings (SSSR count). The number of rotatable bonds is 2. The molecule has 0 amide bonds. The van der Waals surface area contributed by atoms with Crippen LogP contribution in [0.4, 0.5) is 5.69 Å². The Kier molecular flexibility index (Phi) is 2.50. The highest BCUT2D eigenvalue weighted by atomic mass is 15.2. The minimum absolute atomic E-state index is 0.653. The molecule has 0 bridgehead atoms. The van der Waals surface area contributed by atoms with Gasteiger partial charge >= 0.3 is 0 Å². The van der Waals surface area contributed by atoms with E-state index in [4.69, 9.17) is 0 Å². The molecule has 1 heterocycles. The molecular weight excluding hydrogens is 160 g/mol. The Morgan fingerprint density at radius 3 is 3.15 bits per heavy atom. The van der Waals surface area contributed by atoms with Crippen LogP contribution in [0.1, 0.15) is 6.42 Å². The molecule has 1 fully saturated rings. The van der Waals surface area contributed by atoms with Crippen molar-refractivity contribution < 1.29 is 0 Å². The SMILES string of the molecule is CN[C@@H]1CCN(c2c[c]ccc2)C1. The third-order valence-corrected chi connectivity index (χ3v) is 2.65. The number of likely N-dealkylation sites (N-methyl/N-ethyl adjacent to an activating group) is 1. The lowest BCUT2D eigenvalue weighted by Crippen LogP contribution is -2.29. The molecule has 1 aromatic rings. The second-order valence-electron chi connectivity index (χ2n) is 3.48. The summed E-state index contributed by atoms with van der Waals surface area (Å²) in [6, 6.07) is 11.9. The highest BCUT2D eigenvalue weighted by Gasteiger charge is 2.20.